The predicted octanol–water partition coefficient (Wildman–Crippen LogP) is 3.02. The first-order valence-electron chi connectivity index (χ1n) is 7.25. The Morgan fingerprint density at radius 1 is 1.25 bits per heavy atom. The number of H-pyrrole nitrogens is 1. The first-order chi connectivity index (χ1) is 9.83. The van der Waals surface area contributed by atoms with Crippen molar-refractivity contribution in [1.82, 2.24) is 15.3 Å². The summed E-state index contributed by atoms with van der Waals surface area (Å²) in [5.74, 6) is 1.96. The van der Waals surface area contributed by atoms with Gasteiger partial charge in [-0.05, 0) is 56.3 Å². The first kappa shape index (κ1) is 14.6. The second kappa shape index (κ2) is 7.70. The third-order valence-corrected chi connectivity index (χ3v) is 3.11. The van der Waals surface area contributed by atoms with Gasteiger partial charge in [0.25, 0.3) is 0 Å². The predicted molar refractivity (Wildman–Crippen MR) is 82.1 cm³/mol. The van der Waals surface area contributed by atoms with E-state index in [-0.39, 0.29) is 0 Å². The van der Waals surface area contributed by atoms with Crippen molar-refractivity contribution in [2.45, 2.75) is 26.2 Å². The number of hydrogen-bond donors (Lipinski definition) is 2. The minimum atomic E-state index is 0.763. The minimum Gasteiger partial charge on any atom is -0.494 e. The van der Waals surface area contributed by atoms with Gasteiger partial charge >= 0.3 is 0 Å². The van der Waals surface area contributed by atoms with Crippen LogP contribution in [0.3, 0.4) is 0 Å². The van der Waals surface area contributed by atoms with Gasteiger partial charge in [0.1, 0.15) is 11.6 Å². The first-order valence-corrected chi connectivity index (χ1v) is 7.25. The van der Waals surface area contributed by atoms with Gasteiger partial charge in [-0.1, -0.05) is 6.92 Å². The number of aryl methyl sites for hydroxylation is 1. The van der Waals surface area contributed by atoms with E-state index in [0.717, 1.165) is 55.2 Å². The lowest BCUT2D eigenvalue weighted by atomic mass is 10.1. The molecule has 4 nitrogen and oxygen atoms in total. The highest BCUT2D eigenvalue weighted by Crippen LogP contribution is 2.21. The Bertz CT molecular complexity index is 505. The molecular weight excluding hydrogens is 250 g/mol. The summed E-state index contributed by atoms with van der Waals surface area (Å²) in [6.45, 7) is 3.88. The van der Waals surface area contributed by atoms with Gasteiger partial charge in [-0.3, -0.25) is 0 Å². The Kier molecular flexibility index (Phi) is 5.62. The standard InChI is InChI=1S/C16H23N3O/c1-3-11-20-14-8-6-13(7-9-14)15-12-18-16(19-15)5-4-10-17-2/h6-9,12,17H,3-5,10-11H2,1-2H3,(H,18,19). The summed E-state index contributed by atoms with van der Waals surface area (Å²) in [5, 5.41) is 3.14. The number of benzene rings is 1. The zero-order valence-electron chi connectivity index (χ0n) is 12.3. The Hall–Kier alpha value is -1.81. The highest BCUT2D eigenvalue weighted by Gasteiger charge is 2.03. The quantitative estimate of drug-likeness (QED) is 0.727. The summed E-state index contributed by atoms with van der Waals surface area (Å²) in [6.07, 6.45) is 4.99. The summed E-state index contributed by atoms with van der Waals surface area (Å²) in [7, 11) is 1.97. The van der Waals surface area contributed by atoms with Crippen LogP contribution >= 0.6 is 0 Å². The minimum absolute atomic E-state index is 0.763. The number of hydrogen-bond acceptors (Lipinski definition) is 3. The molecule has 0 amide bonds. The van der Waals surface area contributed by atoms with Crippen molar-refractivity contribution >= 4 is 0 Å². The molecule has 0 saturated carbocycles. The van der Waals surface area contributed by atoms with Gasteiger partial charge in [-0.25, -0.2) is 4.98 Å². The van der Waals surface area contributed by atoms with Crippen LogP contribution in [0.15, 0.2) is 30.5 Å². The van der Waals surface area contributed by atoms with E-state index in [1.165, 1.54) is 0 Å². The number of rotatable bonds is 8. The second-order valence-electron chi connectivity index (χ2n) is 4.82. The van der Waals surface area contributed by atoms with Crippen molar-refractivity contribution in [3.8, 4) is 17.0 Å². The fourth-order valence-corrected chi connectivity index (χ4v) is 2.02. The molecular formula is C16H23N3O. The topological polar surface area (TPSA) is 49.9 Å². The van der Waals surface area contributed by atoms with E-state index in [1.807, 2.05) is 25.4 Å². The molecule has 20 heavy (non-hydrogen) atoms. The van der Waals surface area contributed by atoms with Gasteiger partial charge in [0.15, 0.2) is 0 Å². The van der Waals surface area contributed by atoms with E-state index in [2.05, 4.69) is 34.3 Å². The SMILES string of the molecule is CCCOc1ccc(-c2cnc(CCCNC)[nH]2)cc1. The smallest absolute Gasteiger partial charge is 0.119 e. The van der Waals surface area contributed by atoms with Gasteiger partial charge in [0, 0.05) is 6.42 Å². The molecule has 0 saturated heterocycles. The molecule has 2 N–H and O–H groups in total. The van der Waals surface area contributed by atoms with E-state index in [1.54, 1.807) is 0 Å². The zero-order chi connectivity index (χ0) is 14.2. The summed E-state index contributed by atoms with van der Waals surface area (Å²) in [6, 6.07) is 8.14. The highest BCUT2D eigenvalue weighted by atomic mass is 16.5. The maximum absolute atomic E-state index is 5.58. The molecule has 0 aliphatic heterocycles. The van der Waals surface area contributed by atoms with Crippen LogP contribution in [0, 0.1) is 0 Å². The van der Waals surface area contributed by atoms with E-state index < -0.39 is 0 Å². The van der Waals surface area contributed by atoms with Crippen LogP contribution in [0.2, 0.25) is 0 Å². The third-order valence-electron chi connectivity index (χ3n) is 3.11. The number of imidazole rings is 1. The highest BCUT2D eigenvalue weighted by molar-refractivity contribution is 5.59. The number of aromatic nitrogens is 2. The molecule has 108 valence electrons. The zero-order valence-corrected chi connectivity index (χ0v) is 12.3. The molecule has 0 bridgehead atoms. The van der Waals surface area contributed by atoms with Gasteiger partial charge in [0.2, 0.25) is 0 Å². The normalized spacial score (nSPS) is 10.7. The largest absolute Gasteiger partial charge is 0.494 e. The van der Waals surface area contributed by atoms with E-state index in [9.17, 15) is 0 Å². The number of ether oxygens (including phenoxy) is 1. The molecule has 0 spiro atoms. The van der Waals surface area contributed by atoms with Crippen LogP contribution in [-0.4, -0.2) is 30.2 Å². The monoisotopic (exact) mass is 273 g/mol. The maximum Gasteiger partial charge on any atom is 0.119 e. The van der Waals surface area contributed by atoms with Crippen LogP contribution < -0.4 is 10.1 Å². The van der Waals surface area contributed by atoms with Gasteiger partial charge in [0.05, 0.1) is 18.5 Å². The number of aromatic amines is 1. The molecule has 0 atom stereocenters. The van der Waals surface area contributed by atoms with Gasteiger partial charge in [-0.15, -0.1) is 0 Å². The van der Waals surface area contributed by atoms with Crippen molar-refractivity contribution in [3.63, 3.8) is 0 Å². The molecule has 0 aliphatic carbocycles. The van der Waals surface area contributed by atoms with Crippen LogP contribution in [0.25, 0.3) is 11.3 Å². The molecule has 1 heterocycles. The molecule has 1 aromatic heterocycles. The van der Waals surface area contributed by atoms with Crippen LogP contribution in [-0.2, 0) is 6.42 Å². The van der Waals surface area contributed by atoms with Crippen LogP contribution in [0.4, 0.5) is 0 Å². The van der Waals surface area contributed by atoms with Crippen molar-refractivity contribution in [1.29, 1.82) is 0 Å². The van der Waals surface area contributed by atoms with Crippen molar-refractivity contribution in [2.75, 3.05) is 20.2 Å². The Morgan fingerprint density at radius 3 is 2.75 bits per heavy atom. The maximum atomic E-state index is 5.58. The molecule has 2 aromatic rings. The molecule has 4 heteroatoms. The van der Waals surface area contributed by atoms with Crippen molar-refractivity contribution in [3.05, 3.63) is 36.3 Å². The Balaban J connectivity index is 1.97. The summed E-state index contributed by atoms with van der Waals surface area (Å²) in [4.78, 5) is 7.79. The van der Waals surface area contributed by atoms with Crippen LogP contribution in [0.5, 0.6) is 5.75 Å². The average molecular weight is 273 g/mol. The van der Waals surface area contributed by atoms with Gasteiger partial charge in [-0.2, -0.15) is 0 Å². The third kappa shape index (κ3) is 4.10. The summed E-state index contributed by atoms with van der Waals surface area (Å²) < 4.78 is 5.58. The van der Waals surface area contributed by atoms with Crippen LogP contribution in [0.1, 0.15) is 25.6 Å². The Morgan fingerprint density at radius 2 is 2.05 bits per heavy atom. The molecule has 0 aliphatic rings. The Labute approximate surface area is 120 Å². The lowest BCUT2D eigenvalue weighted by Gasteiger charge is -2.05. The molecule has 1 aromatic carbocycles. The summed E-state index contributed by atoms with van der Waals surface area (Å²) >= 11 is 0. The molecule has 0 radical (unpaired) electrons. The van der Waals surface area contributed by atoms with Crippen molar-refractivity contribution < 1.29 is 4.74 Å². The molecule has 0 fully saturated rings. The molecule has 0 unspecified atom stereocenters. The second-order valence-corrected chi connectivity index (χ2v) is 4.82. The van der Waals surface area contributed by atoms with Crippen molar-refractivity contribution in [2.24, 2.45) is 0 Å². The molecule has 2 rings (SSSR count). The summed E-state index contributed by atoms with van der Waals surface area (Å²) in [5.41, 5.74) is 2.20. The van der Waals surface area contributed by atoms with Gasteiger partial charge < -0.3 is 15.0 Å². The lowest BCUT2D eigenvalue weighted by Crippen LogP contribution is -2.08. The number of nitrogens with zero attached hydrogens (tertiary/aromatic N) is 1. The van der Waals surface area contributed by atoms with E-state index in [4.69, 9.17) is 4.74 Å². The number of nitrogens with one attached hydrogen (secondary N) is 2. The average Bonchev–Trinajstić information content (AvgIpc) is 2.95. The van der Waals surface area contributed by atoms with E-state index in [0.29, 0.717) is 0 Å². The lowest BCUT2D eigenvalue weighted by molar-refractivity contribution is 0.317. The fraction of sp³-hybridized carbons (Fsp3) is 0.438. The van der Waals surface area contributed by atoms with E-state index >= 15 is 0 Å². The fourth-order valence-electron chi connectivity index (χ4n) is 2.02.